The lowest BCUT2D eigenvalue weighted by molar-refractivity contribution is 0.0335. The van der Waals surface area contributed by atoms with Crippen LogP contribution in [0.3, 0.4) is 0 Å². The van der Waals surface area contributed by atoms with E-state index in [1.165, 1.54) is 12.1 Å². The highest BCUT2D eigenvalue weighted by Gasteiger charge is 2.18. The van der Waals surface area contributed by atoms with E-state index in [1.807, 2.05) is 13.8 Å². The Morgan fingerprint density at radius 2 is 1.97 bits per heavy atom. The van der Waals surface area contributed by atoms with Gasteiger partial charge in [0, 0.05) is 0 Å². The van der Waals surface area contributed by atoms with Gasteiger partial charge in [0.15, 0.2) is 18.2 Å². The molecule has 9 heteroatoms. The van der Waals surface area contributed by atoms with Gasteiger partial charge in [-0.1, -0.05) is 35.9 Å². The number of ether oxygens (including phenoxy) is 3. The first-order valence-electron chi connectivity index (χ1n) is 9.14. The molecule has 0 atom stereocenters. The van der Waals surface area contributed by atoms with Crippen LogP contribution in [0.25, 0.3) is 10.9 Å². The number of carbonyl (C=O) groups excluding carboxylic acids is 1. The Morgan fingerprint density at radius 3 is 2.72 bits per heavy atom. The van der Waals surface area contributed by atoms with Crippen LogP contribution >= 0.6 is 11.6 Å². The normalized spacial score (nSPS) is 10.7. The van der Waals surface area contributed by atoms with Crippen LogP contribution in [0.1, 0.15) is 30.6 Å². The molecule has 0 aliphatic heterocycles. The average Bonchev–Trinajstić information content (AvgIpc) is 2.72. The third kappa shape index (κ3) is 4.65. The molecule has 0 bridgehead atoms. The first kappa shape index (κ1) is 20.6. The van der Waals surface area contributed by atoms with Gasteiger partial charge in [-0.25, -0.2) is 4.79 Å². The standard InChI is InChI=1S/C20H20ClN3O5/c1-3-9-28-18-15(21)10-13(11-17(18)27-4-2)20(26)29-12-24-19(25)14-7-5-6-8-16(14)22-23-24/h5-8,10-11H,3-4,9,12H2,1-2H3. The number of esters is 1. The number of rotatable bonds is 8. The van der Waals surface area contributed by atoms with Crippen LogP contribution in [0.15, 0.2) is 41.2 Å². The highest BCUT2D eigenvalue weighted by molar-refractivity contribution is 6.32. The number of aromatic nitrogens is 3. The molecule has 0 unspecified atom stereocenters. The lowest BCUT2D eigenvalue weighted by atomic mass is 10.2. The highest BCUT2D eigenvalue weighted by atomic mass is 35.5. The van der Waals surface area contributed by atoms with Crippen molar-refractivity contribution < 1.29 is 19.0 Å². The first-order chi connectivity index (χ1) is 14.0. The molecule has 0 fully saturated rings. The SMILES string of the molecule is CCCOc1c(Cl)cc(C(=O)OCn2nnc3ccccc3c2=O)cc1OCC. The molecule has 8 nitrogen and oxygen atoms in total. The lowest BCUT2D eigenvalue weighted by Crippen LogP contribution is -2.26. The van der Waals surface area contributed by atoms with Crippen molar-refractivity contribution in [1.29, 1.82) is 0 Å². The van der Waals surface area contributed by atoms with Gasteiger partial charge in [0.2, 0.25) is 0 Å². The maximum absolute atomic E-state index is 12.5. The van der Waals surface area contributed by atoms with Crippen LogP contribution in [0.4, 0.5) is 0 Å². The molecule has 0 spiro atoms. The van der Waals surface area contributed by atoms with Gasteiger partial charge in [0.25, 0.3) is 5.56 Å². The summed E-state index contributed by atoms with van der Waals surface area (Å²) in [6, 6.07) is 9.73. The van der Waals surface area contributed by atoms with E-state index in [0.717, 1.165) is 11.1 Å². The zero-order chi connectivity index (χ0) is 20.8. The van der Waals surface area contributed by atoms with Crippen LogP contribution in [0.5, 0.6) is 11.5 Å². The molecule has 1 aromatic heterocycles. The van der Waals surface area contributed by atoms with E-state index in [-0.39, 0.29) is 17.3 Å². The molecule has 2 aromatic carbocycles. The monoisotopic (exact) mass is 417 g/mol. The Balaban J connectivity index is 1.80. The Kier molecular flexibility index (Phi) is 6.66. The van der Waals surface area contributed by atoms with Gasteiger partial charge < -0.3 is 14.2 Å². The number of benzene rings is 2. The molecule has 3 rings (SSSR count). The summed E-state index contributed by atoms with van der Waals surface area (Å²) < 4.78 is 17.4. The van der Waals surface area contributed by atoms with E-state index in [2.05, 4.69) is 10.3 Å². The molecule has 3 aromatic rings. The Labute approximate surface area is 171 Å². The van der Waals surface area contributed by atoms with Gasteiger partial charge >= 0.3 is 5.97 Å². The van der Waals surface area contributed by atoms with Crippen molar-refractivity contribution in [3.8, 4) is 11.5 Å². The van der Waals surface area contributed by atoms with Crippen molar-refractivity contribution in [3.63, 3.8) is 0 Å². The van der Waals surface area contributed by atoms with Gasteiger partial charge in [-0.2, -0.15) is 4.68 Å². The van der Waals surface area contributed by atoms with E-state index < -0.39 is 11.5 Å². The second-order valence-corrected chi connectivity index (χ2v) is 6.45. The minimum Gasteiger partial charge on any atom is -0.490 e. The molecule has 0 aliphatic rings. The van der Waals surface area contributed by atoms with Crippen molar-refractivity contribution in [3.05, 3.63) is 57.3 Å². The smallest absolute Gasteiger partial charge is 0.340 e. The maximum atomic E-state index is 12.5. The summed E-state index contributed by atoms with van der Waals surface area (Å²) in [6.07, 6.45) is 0.799. The van der Waals surface area contributed by atoms with E-state index in [0.29, 0.717) is 35.6 Å². The lowest BCUT2D eigenvalue weighted by Gasteiger charge is -2.14. The van der Waals surface area contributed by atoms with Crippen molar-refractivity contribution in [2.24, 2.45) is 0 Å². The highest BCUT2D eigenvalue weighted by Crippen LogP contribution is 2.37. The van der Waals surface area contributed by atoms with Crippen molar-refractivity contribution in [1.82, 2.24) is 15.0 Å². The minimum atomic E-state index is -0.684. The molecule has 0 amide bonds. The zero-order valence-corrected chi connectivity index (χ0v) is 16.8. The van der Waals surface area contributed by atoms with Gasteiger partial charge in [-0.15, -0.1) is 5.10 Å². The summed E-state index contributed by atoms with van der Waals surface area (Å²) in [6.45, 7) is 4.24. The number of halogens is 1. The molecule has 0 saturated heterocycles. The largest absolute Gasteiger partial charge is 0.490 e. The third-order valence-electron chi connectivity index (χ3n) is 3.94. The fraction of sp³-hybridized carbons (Fsp3) is 0.300. The van der Waals surface area contributed by atoms with Gasteiger partial charge in [-0.3, -0.25) is 4.79 Å². The molecule has 0 N–H and O–H groups in total. The van der Waals surface area contributed by atoms with Gasteiger partial charge in [0.1, 0.15) is 5.52 Å². The average molecular weight is 418 g/mol. The van der Waals surface area contributed by atoms with Crippen LogP contribution in [-0.4, -0.2) is 34.2 Å². The number of fused-ring (bicyclic) bond motifs is 1. The second kappa shape index (κ2) is 9.38. The molecule has 0 aliphatic carbocycles. The fourth-order valence-electron chi connectivity index (χ4n) is 2.60. The summed E-state index contributed by atoms with van der Waals surface area (Å²) >= 11 is 6.27. The van der Waals surface area contributed by atoms with Crippen molar-refractivity contribution in [2.45, 2.75) is 27.0 Å². The topological polar surface area (TPSA) is 92.5 Å². The Bertz CT molecular complexity index is 1080. The molecule has 152 valence electrons. The molecule has 0 radical (unpaired) electrons. The van der Waals surface area contributed by atoms with Crippen LogP contribution in [0, 0.1) is 0 Å². The van der Waals surface area contributed by atoms with Crippen LogP contribution < -0.4 is 15.0 Å². The van der Waals surface area contributed by atoms with E-state index in [9.17, 15) is 9.59 Å². The van der Waals surface area contributed by atoms with Crippen LogP contribution in [-0.2, 0) is 11.5 Å². The van der Waals surface area contributed by atoms with Crippen molar-refractivity contribution in [2.75, 3.05) is 13.2 Å². The summed E-state index contributed by atoms with van der Waals surface area (Å²) in [5, 5.41) is 8.36. The van der Waals surface area contributed by atoms with Gasteiger partial charge in [0.05, 0.1) is 29.2 Å². The zero-order valence-electron chi connectivity index (χ0n) is 16.1. The Hall–Kier alpha value is -3.13. The summed E-state index contributed by atoms with van der Waals surface area (Å²) in [4.78, 5) is 24.9. The van der Waals surface area contributed by atoms with E-state index in [4.69, 9.17) is 25.8 Å². The van der Waals surface area contributed by atoms with Gasteiger partial charge in [-0.05, 0) is 37.6 Å². The summed E-state index contributed by atoms with van der Waals surface area (Å²) in [7, 11) is 0. The predicted octanol–water partition coefficient (Wildman–Crippen LogP) is 3.45. The van der Waals surface area contributed by atoms with E-state index >= 15 is 0 Å². The molecular formula is C20H20ClN3O5. The third-order valence-corrected chi connectivity index (χ3v) is 4.22. The number of hydrogen-bond donors (Lipinski definition) is 0. The second-order valence-electron chi connectivity index (χ2n) is 6.04. The quantitative estimate of drug-likeness (QED) is 0.518. The molecule has 1 heterocycles. The first-order valence-corrected chi connectivity index (χ1v) is 9.51. The predicted molar refractivity (Wildman–Crippen MR) is 108 cm³/mol. The summed E-state index contributed by atoms with van der Waals surface area (Å²) in [5.41, 5.74) is 0.236. The van der Waals surface area contributed by atoms with Crippen molar-refractivity contribution >= 4 is 28.5 Å². The molecule has 0 saturated carbocycles. The van der Waals surface area contributed by atoms with Crippen LogP contribution in [0.2, 0.25) is 5.02 Å². The number of nitrogens with zero attached hydrogens (tertiary/aromatic N) is 3. The number of carbonyl (C=O) groups is 1. The maximum Gasteiger partial charge on any atom is 0.340 e. The van der Waals surface area contributed by atoms with E-state index in [1.54, 1.807) is 24.3 Å². The number of hydrogen-bond acceptors (Lipinski definition) is 7. The minimum absolute atomic E-state index is 0.170. The summed E-state index contributed by atoms with van der Waals surface area (Å²) in [5.74, 6) is 0.0448. The molecular weight excluding hydrogens is 398 g/mol. The fourth-order valence-corrected chi connectivity index (χ4v) is 2.87. The Morgan fingerprint density at radius 1 is 1.17 bits per heavy atom. The molecule has 29 heavy (non-hydrogen) atoms.